The highest BCUT2D eigenvalue weighted by atomic mass is 35.5. The molecule has 1 atom stereocenters. The molecule has 1 rings (SSSR count). The third-order valence-corrected chi connectivity index (χ3v) is 1.68. The Bertz CT molecular complexity index is 186. The second-order valence-corrected chi connectivity index (χ2v) is 2.22. The molecule has 1 aliphatic heterocycles. The van der Waals surface area contributed by atoms with Crippen molar-refractivity contribution in [1.82, 2.24) is 0 Å². The second-order valence-electron chi connectivity index (χ2n) is 1.44. The topological polar surface area (TPSA) is 50.9 Å². The summed E-state index contributed by atoms with van der Waals surface area (Å²) in [6.45, 7) is 0. The summed E-state index contributed by atoms with van der Waals surface area (Å²) in [6.07, 6.45) is -1.31. The maximum Gasteiger partial charge on any atom is 0.533 e. The zero-order chi connectivity index (χ0) is 7.02. The first-order valence-electron chi connectivity index (χ1n) is 2.09. The molecule has 3 nitrogen and oxygen atoms in total. The Morgan fingerprint density at radius 2 is 2.11 bits per heavy atom. The largest absolute Gasteiger partial charge is 0.533 e. The van der Waals surface area contributed by atoms with Gasteiger partial charge in [0.2, 0.25) is 5.03 Å². The van der Waals surface area contributed by atoms with Gasteiger partial charge in [-0.15, -0.1) is 0 Å². The Labute approximate surface area is 60.8 Å². The fourth-order valence-electron chi connectivity index (χ4n) is 0.420. The van der Waals surface area contributed by atoms with Crippen molar-refractivity contribution >= 4 is 29.2 Å². The van der Waals surface area contributed by atoms with E-state index in [1.807, 2.05) is 0 Å². The Kier molecular flexibility index (Phi) is 1.66. The van der Waals surface area contributed by atoms with Crippen LogP contribution in [0.15, 0.2) is 10.1 Å². The van der Waals surface area contributed by atoms with Gasteiger partial charge in [0.15, 0.2) is 0 Å². The Morgan fingerprint density at radius 3 is 2.22 bits per heavy atom. The van der Waals surface area contributed by atoms with E-state index >= 15 is 0 Å². The highest BCUT2D eigenvalue weighted by Gasteiger charge is 2.39. The van der Waals surface area contributed by atoms with E-state index in [-0.39, 0.29) is 10.1 Å². The van der Waals surface area contributed by atoms with E-state index in [2.05, 4.69) is 4.74 Å². The number of hydrogen-bond acceptors (Lipinski definition) is 2. The molecule has 5 heteroatoms. The Hall–Kier alpha value is -0.250. The van der Waals surface area contributed by atoms with E-state index in [1.165, 1.54) is 0 Å². The molecule has 0 saturated carbocycles. The van der Waals surface area contributed by atoms with E-state index in [1.54, 1.807) is 0 Å². The summed E-state index contributed by atoms with van der Waals surface area (Å²) in [7, 11) is 0. The lowest BCUT2D eigenvalue weighted by Crippen LogP contribution is -2.07. The molecule has 0 aromatic rings. The van der Waals surface area contributed by atoms with Crippen LogP contribution in [0.2, 0.25) is 0 Å². The van der Waals surface area contributed by atoms with Crippen molar-refractivity contribution in [3.05, 3.63) is 10.1 Å². The summed E-state index contributed by atoms with van der Waals surface area (Å²) in [6, 6.07) is 0. The number of aliphatic hydroxyl groups excluding tert-OH is 1. The molecule has 0 aromatic carbocycles. The number of aliphatic hydroxyl groups is 1. The molecule has 0 amide bonds. The molecular formula is C4H3Cl2O3+. The molecule has 9 heavy (non-hydrogen) atoms. The van der Waals surface area contributed by atoms with Gasteiger partial charge >= 0.3 is 12.3 Å². The molecule has 0 saturated heterocycles. The van der Waals surface area contributed by atoms with Crippen molar-refractivity contribution in [3.63, 3.8) is 0 Å². The van der Waals surface area contributed by atoms with Gasteiger partial charge in [-0.05, 0) is 0 Å². The second kappa shape index (κ2) is 2.17. The highest BCUT2D eigenvalue weighted by molar-refractivity contribution is 6.48. The van der Waals surface area contributed by atoms with E-state index < -0.39 is 12.3 Å². The summed E-state index contributed by atoms with van der Waals surface area (Å²) in [5.74, 6) is -0.533. The number of ether oxygens (including phenoxy) is 1. The first kappa shape index (κ1) is 6.86. The quantitative estimate of drug-likeness (QED) is 0.425. The van der Waals surface area contributed by atoms with Gasteiger partial charge in [0.25, 0.3) is 0 Å². The molecule has 0 aromatic heterocycles. The van der Waals surface area contributed by atoms with Crippen LogP contribution in [0, 0.1) is 0 Å². The SMILES string of the molecule is OC1OC(=[OH+])C(Cl)=C1Cl. The monoisotopic (exact) mass is 169 g/mol. The number of carbonyl (C=O) groups excluding carboxylic acids is 1. The van der Waals surface area contributed by atoms with Crippen LogP contribution in [-0.2, 0) is 4.74 Å². The molecule has 2 N–H and O–H groups in total. The van der Waals surface area contributed by atoms with Gasteiger partial charge in [0, 0.05) is 0 Å². The van der Waals surface area contributed by atoms with Crippen LogP contribution in [0.25, 0.3) is 0 Å². The normalized spacial score (nSPS) is 27.0. The predicted molar refractivity (Wildman–Crippen MR) is 32.8 cm³/mol. The van der Waals surface area contributed by atoms with Crippen LogP contribution in [0.1, 0.15) is 0 Å². The summed E-state index contributed by atoms with van der Waals surface area (Å²) < 4.78 is 4.28. The number of halogens is 2. The average molecular weight is 170 g/mol. The summed E-state index contributed by atoms with van der Waals surface area (Å²) >= 11 is 10.6. The first-order chi connectivity index (χ1) is 4.13. The van der Waals surface area contributed by atoms with Crippen LogP contribution in [0.3, 0.4) is 0 Å². The van der Waals surface area contributed by atoms with E-state index in [4.69, 9.17) is 33.1 Å². The van der Waals surface area contributed by atoms with Crippen molar-refractivity contribution in [1.29, 1.82) is 0 Å². The third-order valence-electron chi connectivity index (χ3n) is 0.838. The van der Waals surface area contributed by atoms with E-state index in [0.717, 1.165) is 0 Å². The van der Waals surface area contributed by atoms with Crippen LogP contribution in [-0.4, -0.2) is 22.2 Å². The van der Waals surface area contributed by atoms with Gasteiger partial charge in [-0.3, -0.25) is 4.74 Å². The zero-order valence-electron chi connectivity index (χ0n) is 4.14. The minimum absolute atomic E-state index is 0.0887. The minimum Gasteiger partial charge on any atom is -0.334 e. The highest BCUT2D eigenvalue weighted by Crippen LogP contribution is 2.26. The zero-order valence-corrected chi connectivity index (χ0v) is 5.65. The van der Waals surface area contributed by atoms with Gasteiger partial charge in [0.1, 0.15) is 5.03 Å². The Morgan fingerprint density at radius 1 is 1.56 bits per heavy atom. The van der Waals surface area contributed by atoms with E-state index in [9.17, 15) is 0 Å². The average Bonchev–Trinajstić information content (AvgIpc) is 1.98. The molecule has 0 spiro atoms. The molecule has 1 unspecified atom stereocenters. The molecule has 0 bridgehead atoms. The van der Waals surface area contributed by atoms with Crippen LogP contribution >= 0.6 is 23.2 Å². The predicted octanol–water partition coefficient (Wildman–Crippen LogP) is 0.527. The van der Waals surface area contributed by atoms with Crippen molar-refractivity contribution in [2.45, 2.75) is 6.29 Å². The number of rotatable bonds is 0. The van der Waals surface area contributed by atoms with Crippen molar-refractivity contribution in [3.8, 4) is 0 Å². The number of esters is 1. The lowest BCUT2D eigenvalue weighted by atomic mass is 10.5. The molecular weight excluding hydrogens is 167 g/mol. The van der Waals surface area contributed by atoms with Gasteiger partial charge in [-0.2, -0.15) is 0 Å². The minimum atomic E-state index is -1.31. The maximum absolute atomic E-state index is 8.66. The van der Waals surface area contributed by atoms with E-state index in [0.29, 0.717) is 0 Å². The summed E-state index contributed by atoms with van der Waals surface area (Å²) in [5.41, 5.74) is 0. The Balaban J connectivity index is 2.92. The number of hydrogen-bond donors (Lipinski definition) is 1. The standard InChI is InChI=1S/C4H2Cl2O3/c5-1-2(6)4(8)9-3(1)7/h3,7H/p+1. The molecule has 50 valence electrons. The lowest BCUT2D eigenvalue weighted by molar-refractivity contribution is 0.0136. The summed E-state index contributed by atoms with van der Waals surface area (Å²) in [4.78, 5) is 8.60. The third kappa shape index (κ3) is 1.03. The number of cyclic esters (lactones) is 1. The molecule has 0 radical (unpaired) electrons. The maximum atomic E-state index is 8.66. The van der Waals surface area contributed by atoms with Crippen molar-refractivity contribution < 1.29 is 14.6 Å². The van der Waals surface area contributed by atoms with Crippen LogP contribution in [0.5, 0.6) is 0 Å². The van der Waals surface area contributed by atoms with Gasteiger partial charge < -0.3 is 9.90 Å². The summed E-state index contributed by atoms with van der Waals surface area (Å²) in [5, 5.41) is 8.44. The molecule has 1 aliphatic rings. The molecule has 0 aliphatic carbocycles. The van der Waals surface area contributed by atoms with Crippen molar-refractivity contribution in [2.75, 3.05) is 0 Å². The fraction of sp³-hybridized carbons (Fsp3) is 0.250. The van der Waals surface area contributed by atoms with Gasteiger partial charge in [0.05, 0.1) is 0 Å². The van der Waals surface area contributed by atoms with Crippen molar-refractivity contribution in [2.24, 2.45) is 0 Å². The lowest BCUT2D eigenvalue weighted by Gasteiger charge is -1.88. The van der Waals surface area contributed by atoms with Crippen LogP contribution < -0.4 is 0 Å². The fourth-order valence-corrected chi connectivity index (χ4v) is 0.683. The van der Waals surface area contributed by atoms with Crippen LogP contribution in [0.4, 0.5) is 0 Å². The first-order valence-corrected chi connectivity index (χ1v) is 2.84. The molecule has 0 fully saturated rings. The van der Waals surface area contributed by atoms with Gasteiger partial charge in [-0.1, -0.05) is 23.2 Å². The smallest absolute Gasteiger partial charge is 0.334 e. The van der Waals surface area contributed by atoms with Gasteiger partial charge in [-0.25, -0.2) is 0 Å². The molecule has 1 heterocycles.